The summed E-state index contributed by atoms with van der Waals surface area (Å²) >= 11 is 9.15. The fourth-order valence-electron chi connectivity index (χ4n) is 2.29. The Morgan fingerprint density at radius 1 is 1.53 bits per heavy atom. The minimum atomic E-state index is 0.228. The van der Waals surface area contributed by atoms with E-state index in [1.165, 1.54) is 19.3 Å². The molecule has 0 saturated heterocycles. The molecule has 3 nitrogen and oxygen atoms in total. The first-order valence-electron chi connectivity index (χ1n) is 6.03. The smallest absolute Gasteiger partial charge is 0.232 e. The van der Waals surface area contributed by atoms with Gasteiger partial charge in [0.05, 0.1) is 4.47 Å². The highest BCUT2D eigenvalue weighted by molar-refractivity contribution is 9.10. The topological polar surface area (TPSA) is 35.0 Å². The van der Waals surface area contributed by atoms with Crippen molar-refractivity contribution in [2.24, 2.45) is 5.92 Å². The van der Waals surface area contributed by atoms with E-state index < -0.39 is 0 Å². The molecule has 94 valence electrons. The van der Waals surface area contributed by atoms with Crippen LogP contribution in [0.4, 0.5) is 0 Å². The molecule has 1 aromatic heterocycles. The molecule has 0 aromatic carbocycles. The Hall–Kier alpha value is -0.350. The zero-order valence-electron chi connectivity index (χ0n) is 9.83. The van der Waals surface area contributed by atoms with Crippen molar-refractivity contribution in [3.8, 4) is 5.88 Å². The number of hydrogen-bond acceptors (Lipinski definition) is 3. The number of hydrogen-bond donors (Lipinski definition) is 0. The van der Waals surface area contributed by atoms with Crippen molar-refractivity contribution in [3.05, 3.63) is 16.0 Å². The Morgan fingerprint density at radius 2 is 2.35 bits per heavy atom. The van der Waals surface area contributed by atoms with Crippen molar-refractivity contribution in [2.45, 2.75) is 45.1 Å². The summed E-state index contributed by atoms with van der Waals surface area (Å²) in [4.78, 5) is 7.99. The summed E-state index contributed by atoms with van der Waals surface area (Å²) in [6.45, 7) is 2.24. The summed E-state index contributed by atoms with van der Waals surface area (Å²) in [5.74, 6) is 1.34. The van der Waals surface area contributed by atoms with Crippen LogP contribution in [0.5, 0.6) is 5.88 Å². The number of nitrogens with zero attached hydrogens (tertiary/aromatic N) is 2. The number of halogens is 2. The maximum absolute atomic E-state index is 5.92. The molecule has 0 aliphatic heterocycles. The van der Waals surface area contributed by atoms with E-state index >= 15 is 0 Å². The van der Waals surface area contributed by atoms with Crippen LogP contribution in [0.2, 0.25) is 5.28 Å². The number of rotatable bonds is 3. The van der Waals surface area contributed by atoms with E-state index in [2.05, 4.69) is 32.8 Å². The summed E-state index contributed by atoms with van der Waals surface area (Å²) in [6.07, 6.45) is 7.89. The van der Waals surface area contributed by atoms with Crippen LogP contribution < -0.4 is 4.74 Å². The first-order valence-corrected chi connectivity index (χ1v) is 7.20. The van der Waals surface area contributed by atoms with E-state index in [1.807, 2.05) is 0 Å². The lowest BCUT2D eigenvalue weighted by Crippen LogP contribution is -2.25. The van der Waals surface area contributed by atoms with E-state index in [1.54, 1.807) is 6.20 Å². The first-order chi connectivity index (χ1) is 8.19. The monoisotopic (exact) mass is 318 g/mol. The van der Waals surface area contributed by atoms with Crippen LogP contribution >= 0.6 is 27.5 Å². The summed E-state index contributed by atoms with van der Waals surface area (Å²) in [7, 11) is 0. The Balaban J connectivity index is 2.02. The molecule has 1 heterocycles. The van der Waals surface area contributed by atoms with Gasteiger partial charge < -0.3 is 4.74 Å². The Kier molecular flexibility index (Phi) is 4.62. The third kappa shape index (κ3) is 3.55. The molecule has 2 atom stereocenters. The van der Waals surface area contributed by atoms with Gasteiger partial charge in [-0.05, 0) is 52.7 Å². The second-order valence-electron chi connectivity index (χ2n) is 4.47. The highest BCUT2D eigenvalue weighted by Gasteiger charge is 2.23. The highest BCUT2D eigenvalue weighted by atomic mass is 79.9. The van der Waals surface area contributed by atoms with Crippen LogP contribution in [-0.4, -0.2) is 16.1 Å². The molecule has 0 spiro atoms. The van der Waals surface area contributed by atoms with E-state index in [9.17, 15) is 0 Å². The van der Waals surface area contributed by atoms with Crippen molar-refractivity contribution in [2.75, 3.05) is 0 Å². The number of ether oxygens (including phenoxy) is 1. The van der Waals surface area contributed by atoms with Gasteiger partial charge in [0.2, 0.25) is 11.2 Å². The van der Waals surface area contributed by atoms with Gasteiger partial charge in [-0.25, -0.2) is 4.98 Å². The zero-order valence-corrected chi connectivity index (χ0v) is 12.2. The lowest BCUT2D eigenvalue weighted by molar-refractivity contribution is 0.116. The largest absolute Gasteiger partial charge is 0.473 e. The molecule has 1 aromatic rings. The second-order valence-corrected chi connectivity index (χ2v) is 5.67. The maximum Gasteiger partial charge on any atom is 0.232 e. The average molecular weight is 320 g/mol. The molecule has 1 saturated carbocycles. The van der Waals surface area contributed by atoms with Gasteiger partial charge in [-0.1, -0.05) is 19.8 Å². The summed E-state index contributed by atoms with van der Waals surface area (Å²) in [5, 5.41) is 0.228. The molecule has 0 amide bonds. The fourth-order valence-corrected chi connectivity index (χ4v) is 2.70. The second kappa shape index (κ2) is 6.01. The molecule has 0 radical (unpaired) electrons. The van der Waals surface area contributed by atoms with Crippen LogP contribution in [-0.2, 0) is 0 Å². The Bertz CT molecular complexity index is 389. The molecule has 2 rings (SSSR count). The highest BCUT2D eigenvalue weighted by Crippen LogP contribution is 2.31. The maximum atomic E-state index is 5.92. The fraction of sp³-hybridized carbons (Fsp3) is 0.667. The summed E-state index contributed by atoms with van der Waals surface area (Å²) < 4.78 is 6.68. The van der Waals surface area contributed by atoms with E-state index in [0.717, 1.165) is 23.2 Å². The van der Waals surface area contributed by atoms with Gasteiger partial charge in [0.15, 0.2) is 0 Å². The van der Waals surface area contributed by atoms with Crippen LogP contribution in [0, 0.1) is 5.92 Å². The standard InChI is InChI=1S/C12H16BrClN2O/c1-2-8-4-3-5-9(6-8)17-11-10(13)7-15-12(14)16-11/h7-9H,2-6H2,1H3. The van der Waals surface area contributed by atoms with Crippen LogP contribution in [0.3, 0.4) is 0 Å². The average Bonchev–Trinajstić information content (AvgIpc) is 2.34. The van der Waals surface area contributed by atoms with Gasteiger partial charge in [-0.15, -0.1) is 0 Å². The molecule has 1 fully saturated rings. The van der Waals surface area contributed by atoms with Gasteiger partial charge in [-0.3, -0.25) is 0 Å². The minimum Gasteiger partial charge on any atom is -0.473 e. The van der Waals surface area contributed by atoms with Crippen molar-refractivity contribution in [1.29, 1.82) is 0 Å². The molecular weight excluding hydrogens is 304 g/mol. The van der Waals surface area contributed by atoms with Gasteiger partial charge in [0.25, 0.3) is 0 Å². The Morgan fingerprint density at radius 3 is 3.12 bits per heavy atom. The molecular formula is C12H16BrClN2O. The summed E-state index contributed by atoms with van der Waals surface area (Å²) in [5.41, 5.74) is 0. The third-order valence-electron chi connectivity index (χ3n) is 3.27. The molecule has 17 heavy (non-hydrogen) atoms. The lowest BCUT2D eigenvalue weighted by atomic mass is 9.85. The van der Waals surface area contributed by atoms with E-state index in [4.69, 9.17) is 16.3 Å². The first kappa shape index (κ1) is 13.1. The predicted molar refractivity (Wildman–Crippen MR) is 71.4 cm³/mol. The zero-order chi connectivity index (χ0) is 12.3. The van der Waals surface area contributed by atoms with Crippen molar-refractivity contribution < 1.29 is 4.74 Å². The van der Waals surface area contributed by atoms with E-state index in [0.29, 0.717) is 5.88 Å². The van der Waals surface area contributed by atoms with Crippen molar-refractivity contribution in [3.63, 3.8) is 0 Å². The van der Waals surface area contributed by atoms with Gasteiger partial charge in [0, 0.05) is 6.20 Å². The van der Waals surface area contributed by atoms with Crippen LogP contribution in [0.25, 0.3) is 0 Å². The van der Waals surface area contributed by atoms with E-state index in [-0.39, 0.29) is 11.4 Å². The SMILES string of the molecule is CCC1CCCC(Oc2nc(Cl)ncc2Br)C1. The van der Waals surface area contributed by atoms with Gasteiger partial charge in [0.1, 0.15) is 6.10 Å². The quantitative estimate of drug-likeness (QED) is 0.782. The summed E-state index contributed by atoms with van der Waals surface area (Å²) in [6, 6.07) is 0. The van der Waals surface area contributed by atoms with Crippen molar-refractivity contribution in [1.82, 2.24) is 9.97 Å². The van der Waals surface area contributed by atoms with Crippen molar-refractivity contribution >= 4 is 27.5 Å². The molecule has 0 N–H and O–H groups in total. The van der Waals surface area contributed by atoms with Gasteiger partial charge in [-0.2, -0.15) is 4.98 Å². The van der Waals surface area contributed by atoms with Crippen LogP contribution in [0.15, 0.2) is 10.7 Å². The molecule has 0 bridgehead atoms. The minimum absolute atomic E-state index is 0.228. The number of aromatic nitrogens is 2. The van der Waals surface area contributed by atoms with Crippen LogP contribution in [0.1, 0.15) is 39.0 Å². The third-order valence-corrected chi connectivity index (χ3v) is 4.00. The Labute approximate surface area is 115 Å². The molecule has 1 aliphatic carbocycles. The molecule has 2 unspecified atom stereocenters. The molecule has 1 aliphatic rings. The lowest BCUT2D eigenvalue weighted by Gasteiger charge is -2.28. The molecule has 5 heteroatoms. The predicted octanol–water partition coefficient (Wildman–Crippen LogP) is 4.24. The normalized spacial score (nSPS) is 24.6. The van der Waals surface area contributed by atoms with Gasteiger partial charge >= 0.3 is 0 Å².